The first-order chi connectivity index (χ1) is 10.8. The van der Waals surface area contributed by atoms with Crippen LogP contribution in [0.2, 0.25) is 0 Å². The Morgan fingerprint density at radius 2 is 1.91 bits per heavy atom. The van der Waals surface area contributed by atoms with E-state index in [0.717, 1.165) is 12.0 Å². The van der Waals surface area contributed by atoms with E-state index in [2.05, 4.69) is 5.32 Å². The lowest BCUT2D eigenvalue weighted by molar-refractivity contribution is -0.123. The highest BCUT2D eigenvalue weighted by Crippen LogP contribution is 2.59. The Labute approximate surface area is 136 Å². The zero-order valence-corrected chi connectivity index (χ0v) is 14.0. The number of carbonyl (C=O) groups excluding carboxylic acids is 1. The van der Waals surface area contributed by atoms with Crippen molar-refractivity contribution >= 4 is 15.7 Å². The molecule has 1 N–H and O–H groups in total. The first kappa shape index (κ1) is 16.4. The summed E-state index contributed by atoms with van der Waals surface area (Å²) in [7, 11) is -2.89. The Bertz CT molecular complexity index is 685. The molecular formula is C17H22FNO3S. The summed E-state index contributed by atoms with van der Waals surface area (Å²) in [4.78, 5) is 12.3. The maximum Gasteiger partial charge on any atom is 0.223 e. The van der Waals surface area contributed by atoms with Crippen LogP contribution in [0.3, 0.4) is 0 Å². The first-order valence-corrected chi connectivity index (χ1v) is 9.87. The highest BCUT2D eigenvalue weighted by Gasteiger charge is 2.59. The minimum atomic E-state index is -2.89. The highest BCUT2D eigenvalue weighted by atomic mass is 32.2. The summed E-state index contributed by atoms with van der Waals surface area (Å²) < 4.78 is 35.9. The van der Waals surface area contributed by atoms with Crippen LogP contribution in [-0.2, 0) is 14.6 Å². The number of amides is 1. The van der Waals surface area contributed by atoms with Crippen LogP contribution in [0.1, 0.15) is 37.7 Å². The molecule has 126 valence electrons. The van der Waals surface area contributed by atoms with Crippen molar-refractivity contribution in [3.63, 3.8) is 0 Å². The van der Waals surface area contributed by atoms with Crippen molar-refractivity contribution < 1.29 is 17.6 Å². The van der Waals surface area contributed by atoms with E-state index >= 15 is 0 Å². The van der Waals surface area contributed by atoms with E-state index in [9.17, 15) is 17.6 Å². The van der Waals surface area contributed by atoms with Crippen LogP contribution in [0.15, 0.2) is 24.3 Å². The van der Waals surface area contributed by atoms with Gasteiger partial charge in [-0.25, -0.2) is 12.8 Å². The maximum absolute atomic E-state index is 12.9. The molecule has 1 aliphatic carbocycles. The van der Waals surface area contributed by atoms with Crippen LogP contribution < -0.4 is 5.32 Å². The van der Waals surface area contributed by atoms with Crippen LogP contribution in [0.25, 0.3) is 0 Å². The van der Waals surface area contributed by atoms with Gasteiger partial charge < -0.3 is 5.32 Å². The SMILES string of the molecule is C[C@H](CNC(=O)[C@@H]1CC12CCS(=O)(=O)CC2)c1ccc(F)cc1. The Kier molecular flexibility index (Phi) is 4.21. The zero-order valence-electron chi connectivity index (χ0n) is 13.2. The van der Waals surface area contributed by atoms with E-state index in [0.29, 0.717) is 19.4 Å². The standard InChI is InChI=1S/C17H22FNO3S/c1-12(13-2-4-14(18)5-3-13)11-19-16(20)15-10-17(15)6-8-23(21,22)9-7-17/h2-5,12,15H,6-11H2,1H3,(H,19,20)/t12-,15+/m1/s1. The van der Waals surface area contributed by atoms with E-state index in [4.69, 9.17) is 0 Å². The van der Waals surface area contributed by atoms with Crippen molar-refractivity contribution in [2.45, 2.75) is 32.1 Å². The Hall–Kier alpha value is -1.43. The van der Waals surface area contributed by atoms with Gasteiger partial charge in [0.15, 0.2) is 0 Å². The van der Waals surface area contributed by atoms with Crippen molar-refractivity contribution in [3.05, 3.63) is 35.6 Å². The van der Waals surface area contributed by atoms with E-state index in [1.807, 2.05) is 6.92 Å². The molecule has 1 spiro atoms. The second-order valence-electron chi connectivity index (χ2n) is 6.97. The summed E-state index contributed by atoms with van der Waals surface area (Å²) >= 11 is 0. The molecule has 6 heteroatoms. The van der Waals surface area contributed by atoms with Gasteiger partial charge in [-0.1, -0.05) is 19.1 Å². The number of benzene rings is 1. The molecule has 0 radical (unpaired) electrons. The lowest BCUT2D eigenvalue weighted by Crippen LogP contribution is -2.33. The van der Waals surface area contributed by atoms with Gasteiger partial charge in [0.2, 0.25) is 5.91 Å². The topological polar surface area (TPSA) is 63.2 Å². The molecule has 4 nitrogen and oxygen atoms in total. The highest BCUT2D eigenvalue weighted by molar-refractivity contribution is 7.91. The van der Waals surface area contributed by atoms with Crippen molar-refractivity contribution in [1.82, 2.24) is 5.32 Å². The van der Waals surface area contributed by atoms with Crippen LogP contribution >= 0.6 is 0 Å². The van der Waals surface area contributed by atoms with Gasteiger partial charge in [0.25, 0.3) is 0 Å². The molecule has 1 saturated carbocycles. The molecule has 1 aromatic carbocycles. The molecular weight excluding hydrogens is 317 g/mol. The monoisotopic (exact) mass is 339 g/mol. The van der Waals surface area contributed by atoms with Gasteiger partial charge in [-0.2, -0.15) is 0 Å². The van der Waals surface area contributed by atoms with E-state index in [1.54, 1.807) is 12.1 Å². The van der Waals surface area contributed by atoms with Crippen LogP contribution in [0.4, 0.5) is 4.39 Å². The van der Waals surface area contributed by atoms with Gasteiger partial charge in [0.05, 0.1) is 11.5 Å². The maximum atomic E-state index is 12.9. The Morgan fingerprint density at radius 1 is 1.30 bits per heavy atom. The molecule has 1 heterocycles. The number of nitrogens with one attached hydrogen (secondary N) is 1. The Balaban J connectivity index is 1.50. The zero-order chi connectivity index (χ0) is 16.7. The number of hydrogen-bond acceptors (Lipinski definition) is 3. The van der Waals surface area contributed by atoms with E-state index in [1.165, 1.54) is 12.1 Å². The summed E-state index contributed by atoms with van der Waals surface area (Å²) in [6, 6.07) is 6.31. The summed E-state index contributed by atoms with van der Waals surface area (Å²) in [5.74, 6) is 0.251. The molecule has 2 fully saturated rings. The van der Waals surface area contributed by atoms with E-state index in [-0.39, 0.29) is 40.5 Å². The quantitative estimate of drug-likeness (QED) is 0.915. The number of hydrogen-bond donors (Lipinski definition) is 1. The van der Waals surface area contributed by atoms with Crippen LogP contribution in [0.5, 0.6) is 0 Å². The molecule has 0 bridgehead atoms. The molecule has 1 aromatic rings. The van der Waals surface area contributed by atoms with Crippen molar-refractivity contribution in [1.29, 1.82) is 0 Å². The minimum Gasteiger partial charge on any atom is -0.355 e. The smallest absolute Gasteiger partial charge is 0.223 e. The van der Waals surface area contributed by atoms with Gasteiger partial charge >= 0.3 is 0 Å². The summed E-state index contributed by atoms with van der Waals surface area (Å²) in [5.41, 5.74) is 0.912. The minimum absolute atomic E-state index is 0.0262. The second-order valence-corrected chi connectivity index (χ2v) is 9.27. The number of carbonyl (C=O) groups is 1. The third kappa shape index (κ3) is 3.57. The fourth-order valence-electron chi connectivity index (χ4n) is 3.50. The van der Waals surface area contributed by atoms with Gasteiger partial charge in [-0.05, 0) is 48.3 Å². The van der Waals surface area contributed by atoms with Crippen LogP contribution in [-0.4, -0.2) is 32.4 Å². The van der Waals surface area contributed by atoms with Gasteiger partial charge in [0, 0.05) is 12.5 Å². The fraction of sp³-hybridized carbons (Fsp3) is 0.588. The predicted molar refractivity (Wildman–Crippen MR) is 86.3 cm³/mol. The van der Waals surface area contributed by atoms with Gasteiger partial charge in [0.1, 0.15) is 15.7 Å². The lowest BCUT2D eigenvalue weighted by Gasteiger charge is -2.22. The molecule has 0 aromatic heterocycles. The molecule has 0 unspecified atom stereocenters. The molecule has 3 rings (SSSR count). The normalized spacial score (nSPS) is 25.7. The van der Waals surface area contributed by atoms with Gasteiger partial charge in [-0.15, -0.1) is 0 Å². The first-order valence-electron chi connectivity index (χ1n) is 8.05. The van der Waals surface area contributed by atoms with Crippen molar-refractivity contribution in [2.24, 2.45) is 11.3 Å². The van der Waals surface area contributed by atoms with Crippen molar-refractivity contribution in [3.8, 4) is 0 Å². The van der Waals surface area contributed by atoms with Gasteiger partial charge in [-0.3, -0.25) is 4.79 Å². The molecule has 1 saturated heterocycles. The number of rotatable bonds is 4. The summed E-state index contributed by atoms with van der Waals surface area (Å²) in [6.45, 7) is 2.50. The van der Waals surface area contributed by atoms with E-state index < -0.39 is 9.84 Å². The average molecular weight is 339 g/mol. The lowest BCUT2D eigenvalue weighted by atomic mass is 9.95. The largest absolute Gasteiger partial charge is 0.355 e. The second kappa shape index (κ2) is 5.89. The number of halogens is 1. The fourth-order valence-corrected chi connectivity index (χ4v) is 5.14. The average Bonchev–Trinajstić information content (AvgIpc) is 3.23. The molecule has 2 aliphatic rings. The predicted octanol–water partition coefficient (Wildman–Crippen LogP) is 2.26. The number of sulfone groups is 1. The third-order valence-electron chi connectivity index (χ3n) is 5.35. The third-order valence-corrected chi connectivity index (χ3v) is 7.00. The summed E-state index contributed by atoms with van der Waals surface area (Å²) in [5, 5.41) is 2.97. The molecule has 23 heavy (non-hydrogen) atoms. The molecule has 1 amide bonds. The molecule has 1 aliphatic heterocycles. The molecule has 2 atom stereocenters. The van der Waals surface area contributed by atoms with Crippen molar-refractivity contribution in [2.75, 3.05) is 18.1 Å². The Morgan fingerprint density at radius 3 is 2.52 bits per heavy atom. The van der Waals surface area contributed by atoms with Crippen LogP contribution in [0, 0.1) is 17.2 Å². The summed E-state index contributed by atoms with van der Waals surface area (Å²) in [6.07, 6.45) is 2.03.